The van der Waals surface area contributed by atoms with Gasteiger partial charge in [-0.25, -0.2) is 4.98 Å². The van der Waals surface area contributed by atoms with Crippen LogP contribution in [0.25, 0.3) is 22.4 Å². The number of benzene rings is 4. The standard InChI is InChI=1S/C35H35F3N8O3/c36-35(37,38)24-12-14-25(15-13-24)42-18-19-43-33(48)23-11-16-29-28(21-23)45-32(46(29)30(31(39)47)10-5-17-44-34(40)41)22-6-4-9-27(20-22)49-26-7-2-1-3-8-26/h1-4,6-9,11-16,20-21,30,42H,5,10,17-19H2,(H2,39,47)(H,43,48)(H4,40,41,44)/t30-/m0/s1. The zero-order valence-electron chi connectivity index (χ0n) is 26.3. The van der Waals surface area contributed by atoms with E-state index in [2.05, 4.69) is 15.6 Å². The number of anilines is 1. The summed E-state index contributed by atoms with van der Waals surface area (Å²) in [4.78, 5) is 34.8. The second-order valence-electron chi connectivity index (χ2n) is 11.1. The summed E-state index contributed by atoms with van der Waals surface area (Å²) in [6, 6.07) is 25.3. The number of imidazole rings is 1. The highest BCUT2D eigenvalue weighted by Crippen LogP contribution is 2.34. The lowest BCUT2D eigenvalue weighted by Crippen LogP contribution is -2.29. The van der Waals surface area contributed by atoms with Crippen LogP contribution in [0.3, 0.4) is 0 Å². The number of rotatable bonds is 14. The third kappa shape index (κ3) is 8.86. The first-order valence-corrected chi connectivity index (χ1v) is 15.4. The molecule has 0 saturated carbocycles. The molecule has 0 aliphatic rings. The van der Waals surface area contributed by atoms with Crippen molar-refractivity contribution in [3.8, 4) is 22.9 Å². The number of nitrogens with one attached hydrogen (secondary N) is 2. The summed E-state index contributed by atoms with van der Waals surface area (Å²) in [7, 11) is 0. The van der Waals surface area contributed by atoms with Gasteiger partial charge in [0.25, 0.3) is 5.91 Å². The second kappa shape index (κ2) is 15.2. The van der Waals surface area contributed by atoms with Crippen LogP contribution in [0.4, 0.5) is 18.9 Å². The quantitative estimate of drug-likeness (QED) is 0.0593. The van der Waals surface area contributed by atoms with Crippen LogP contribution in [0.1, 0.15) is 34.8 Å². The van der Waals surface area contributed by atoms with E-state index in [4.69, 9.17) is 26.9 Å². The molecule has 0 fully saturated rings. The maximum atomic E-state index is 13.1. The molecule has 0 aliphatic carbocycles. The highest BCUT2D eigenvalue weighted by atomic mass is 19.4. The summed E-state index contributed by atoms with van der Waals surface area (Å²) >= 11 is 0. The number of hydrogen-bond donors (Lipinski definition) is 5. The first-order chi connectivity index (χ1) is 23.5. The molecule has 0 unspecified atom stereocenters. The molecule has 2 amide bonds. The van der Waals surface area contributed by atoms with Crippen LogP contribution in [0.2, 0.25) is 0 Å². The number of ether oxygens (including phenoxy) is 1. The molecule has 0 radical (unpaired) electrons. The lowest BCUT2D eigenvalue weighted by Gasteiger charge is -2.19. The number of para-hydroxylation sites is 1. The number of carbonyl (C=O) groups excluding carboxylic acids is 2. The summed E-state index contributed by atoms with van der Waals surface area (Å²) in [5, 5.41) is 5.78. The lowest BCUT2D eigenvalue weighted by molar-refractivity contribution is -0.137. The fraction of sp³-hybridized carbons (Fsp3) is 0.200. The van der Waals surface area contributed by atoms with Gasteiger partial charge < -0.3 is 37.1 Å². The molecule has 5 rings (SSSR count). The second-order valence-corrected chi connectivity index (χ2v) is 11.1. The third-order valence-corrected chi connectivity index (χ3v) is 7.54. The molecule has 8 N–H and O–H groups in total. The number of guanidine groups is 1. The number of hydrogen-bond acceptors (Lipinski definition) is 6. The number of nitrogens with zero attached hydrogens (tertiary/aromatic N) is 3. The molecule has 1 heterocycles. The van der Waals surface area contributed by atoms with Gasteiger partial charge in [-0.3, -0.25) is 14.6 Å². The van der Waals surface area contributed by atoms with Gasteiger partial charge in [0.05, 0.1) is 16.6 Å². The highest BCUT2D eigenvalue weighted by molar-refractivity contribution is 5.98. The molecule has 0 spiro atoms. The predicted octanol–water partition coefficient (Wildman–Crippen LogP) is 5.44. The van der Waals surface area contributed by atoms with E-state index in [-0.39, 0.29) is 25.0 Å². The Morgan fingerprint density at radius 2 is 1.61 bits per heavy atom. The van der Waals surface area contributed by atoms with Gasteiger partial charge >= 0.3 is 6.18 Å². The third-order valence-electron chi connectivity index (χ3n) is 7.54. The summed E-state index contributed by atoms with van der Waals surface area (Å²) in [5.74, 6) is 0.625. The summed E-state index contributed by atoms with van der Waals surface area (Å²) in [6.07, 6.45) is -3.64. The van der Waals surface area contributed by atoms with E-state index >= 15 is 0 Å². The predicted molar refractivity (Wildman–Crippen MR) is 182 cm³/mol. The van der Waals surface area contributed by atoms with Crippen molar-refractivity contribution < 1.29 is 27.5 Å². The van der Waals surface area contributed by atoms with Crippen molar-refractivity contribution in [3.05, 3.63) is 108 Å². The Labute approximate surface area is 280 Å². The number of fused-ring (bicyclic) bond motifs is 1. The van der Waals surface area contributed by atoms with Crippen molar-refractivity contribution >= 4 is 34.5 Å². The smallest absolute Gasteiger partial charge is 0.416 e. The Bertz CT molecular complexity index is 1940. The van der Waals surface area contributed by atoms with Gasteiger partial charge in [-0.15, -0.1) is 0 Å². The van der Waals surface area contributed by atoms with E-state index in [1.165, 1.54) is 12.1 Å². The van der Waals surface area contributed by atoms with Crippen LogP contribution in [0, 0.1) is 0 Å². The molecule has 0 saturated heterocycles. The SMILES string of the molecule is NC(=O)[C@H](CCCN=C(N)N)n1c(-c2cccc(Oc3ccccc3)c2)nc2cc(C(=O)NCCNc3ccc(C(F)(F)F)cc3)ccc21. The fourth-order valence-corrected chi connectivity index (χ4v) is 5.24. The topological polar surface area (TPSA) is 176 Å². The largest absolute Gasteiger partial charge is 0.457 e. The molecule has 0 aliphatic heterocycles. The number of alkyl halides is 3. The van der Waals surface area contributed by atoms with Gasteiger partial charge in [0.2, 0.25) is 5.91 Å². The molecule has 254 valence electrons. The van der Waals surface area contributed by atoms with E-state index in [1.54, 1.807) is 34.9 Å². The number of carbonyl (C=O) groups is 2. The summed E-state index contributed by atoms with van der Waals surface area (Å²) in [5.41, 5.74) is 18.6. The normalized spacial score (nSPS) is 11.9. The summed E-state index contributed by atoms with van der Waals surface area (Å²) in [6.45, 7) is 0.775. The van der Waals surface area contributed by atoms with Gasteiger partial charge in [0.15, 0.2) is 5.96 Å². The molecule has 14 heteroatoms. The molecule has 11 nitrogen and oxygen atoms in total. The van der Waals surface area contributed by atoms with Crippen LogP contribution < -0.4 is 32.6 Å². The van der Waals surface area contributed by atoms with Crippen LogP contribution >= 0.6 is 0 Å². The maximum absolute atomic E-state index is 13.1. The maximum Gasteiger partial charge on any atom is 0.416 e. The van der Waals surface area contributed by atoms with Crippen molar-refractivity contribution in [2.45, 2.75) is 25.1 Å². The van der Waals surface area contributed by atoms with Gasteiger partial charge in [0, 0.05) is 36.4 Å². The monoisotopic (exact) mass is 672 g/mol. The minimum absolute atomic E-state index is 0.0548. The van der Waals surface area contributed by atoms with Crippen molar-refractivity contribution in [1.82, 2.24) is 14.9 Å². The van der Waals surface area contributed by atoms with E-state index in [1.807, 2.05) is 42.5 Å². The molecular weight excluding hydrogens is 637 g/mol. The Morgan fingerprint density at radius 1 is 0.878 bits per heavy atom. The first-order valence-electron chi connectivity index (χ1n) is 15.4. The number of aromatic nitrogens is 2. The number of halogens is 3. The van der Waals surface area contributed by atoms with Crippen LogP contribution in [-0.2, 0) is 11.0 Å². The van der Waals surface area contributed by atoms with Crippen LogP contribution in [-0.4, -0.2) is 47.0 Å². The number of primary amides is 1. The zero-order valence-corrected chi connectivity index (χ0v) is 26.3. The lowest BCUT2D eigenvalue weighted by atomic mass is 10.1. The molecule has 4 aromatic carbocycles. The van der Waals surface area contributed by atoms with Gasteiger partial charge in [-0.1, -0.05) is 30.3 Å². The van der Waals surface area contributed by atoms with E-state index in [0.29, 0.717) is 64.6 Å². The fourth-order valence-electron chi connectivity index (χ4n) is 5.24. The molecule has 1 aromatic heterocycles. The van der Waals surface area contributed by atoms with E-state index < -0.39 is 23.7 Å². The highest BCUT2D eigenvalue weighted by Gasteiger charge is 2.30. The molecule has 49 heavy (non-hydrogen) atoms. The van der Waals surface area contributed by atoms with E-state index in [0.717, 1.165) is 12.1 Å². The number of amides is 2. The average molecular weight is 673 g/mol. The minimum atomic E-state index is -4.42. The summed E-state index contributed by atoms with van der Waals surface area (Å²) < 4.78 is 46.3. The van der Waals surface area contributed by atoms with Crippen molar-refractivity contribution in [2.75, 3.05) is 25.0 Å². The Morgan fingerprint density at radius 3 is 2.31 bits per heavy atom. The molecule has 5 aromatic rings. The Balaban J connectivity index is 1.39. The van der Waals surface area contributed by atoms with E-state index in [9.17, 15) is 22.8 Å². The van der Waals surface area contributed by atoms with Gasteiger partial charge in [-0.2, -0.15) is 13.2 Å². The Kier molecular flexibility index (Phi) is 10.7. The van der Waals surface area contributed by atoms with Crippen molar-refractivity contribution in [2.24, 2.45) is 22.2 Å². The molecular formula is C35H35F3N8O3. The van der Waals surface area contributed by atoms with Gasteiger partial charge in [-0.05, 0) is 79.6 Å². The molecule has 0 bridgehead atoms. The Hall–Kier alpha value is -6.05. The van der Waals surface area contributed by atoms with Crippen molar-refractivity contribution in [3.63, 3.8) is 0 Å². The molecule has 1 atom stereocenters. The zero-order chi connectivity index (χ0) is 35.0. The number of nitrogens with two attached hydrogens (primary N) is 3. The minimum Gasteiger partial charge on any atom is -0.457 e. The number of aliphatic imine (C=N–C) groups is 1. The van der Waals surface area contributed by atoms with Crippen LogP contribution in [0.5, 0.6) is 11.5 Å². The van der Waals surface area contributed by atoms with Crippen LogP contribution in [0.15, 0.2) is 102 Å². The first kappa shape index (κ1) is 34.3. The van der Waals surface area contributed by atoms with Gasteiger partial charge in [0.1, 0.15) is 23.4 Å². The average Bonchev–Trinajstić information content (AvgIpc) is 3.45. The van der Waals surface area contributed by atoms with Crippen molar-refractivity contribution in [1.29, 1.82) is 0 Å².